The molecule has 8 heteroatoms. The summed E-state index contributed by atoms with van der Waals surface area (Å²) in [6.45, 7) is 0. The Morgan fingerprint density at radius 2 is 1.00 bits per heavy atom. The highest BCUT2D eigenvalue weighted by Gasteiger charge is 2.61. The average molecular weight is 415 g/mol. The van der Waals surface area contributed by atoms with E-state index < -0.39 is 47.3 Å². The summed E-state index contributed by atoms with van der Waals surface area (Å²) in [7, 11) is 0. The van der Waals surface area contributed by atoms with Gasteiger partial charge in [0.15, 0.2) is 0 Å². The molecular weight excluding hydrogens is 403 g/mol. The van der Waals surface area contributed by atoms with Crippen molar-refractivity contribution in [1.82, 2.24) is 10.6 Å². The second-order valence-corrected chi connectivity index (χ2v) is 8.08. The number of benzene rings is 2. The molecule has 0 radical (unpaired) electrons. The van der Waals surface area contributed by atoms with Crippen molar-refractivity contribution in [2.45, 2.75) is 11.8 Å². The first-order valence-electron chi connectivity index (χ1n) is 8.66. The van der Waals surface area contributed by atoms with Crippen LogP contribution in [0.2, 0.25) is 10.0 Å². The molecule has 2 aliphatic heterocycles. The lowest BCUT2D eigenvalue weighted by Crippen LogP contribution is -2.54. The van der Waals surface area contributed by atoms with E-state index >= 15 is 0 Å². The van der Waals surface area contributed by atoms with Crippen LogP contribution in [0.15, 0.2) is 36.4 Å². The Hall–Kier alpha value is -2.70. The summed E-state index contributed by atoms with van der Waals surface area (Å²) in [6.07, 6.45) is 0. The van der Waals surface area contributed by atoms with Crippen molar-refractivity contribution in [2.75, 3.05) is 0 Å². The molecule has 2 aromatic rings. The van der Waals surface area contributed by atoms with Gasteiger partial charge in [-0.3, -0.25) is 29.8 Å². The molecular formula is C20H12Cl2N2O4. The van der Waals surface area contributed by atoms with E-state index in [0.29, 0.717) is 21.2 Å². The molecule has 2 heterocycles. The van der Waals surface area contributed by atoms with Crippen molar-refractivity contribution in [3.63, 3.8) is 0 Å². The summed E-state index contributed by atoms with van der Waals surface area (Å²) in [5.74, 6) is -4.39. The van der Waals surface area contributed by atoms with Crippen LogP contribution >= 0.6 is 23.2 Å². The van der Waals surface area contributed by atoms with Crippen LogP contribution in [0.4, 0.5) is 0 Å². The Morgan fingerprint density at radius 1 is 0.607 bits per heavy atom. The maximum Gasteiger partial charge on any atom is 0.258 e. The van der Waals surface area contributed by atoms with Crippen molar-refractivity contribution >= 4 is 46.8 Å². The van der Waals surface area contributed by atoms with Crippen molar-refractivity contribution in [3.05, 3.63) is 68.7 Å². The van der Waals surface area contributed by atoms with Crippen LogP contribution in [0.5, 0.6) is 0 Å². The lowest BCUT2D eigenvalue weighted by molar-refractivity contribution is -0.138. The normalized spacial score (nSPS) is 27.8. The number of hydrogen-bond donors (Lipinski definition) is 2. The van der Waals surface area contributed by atoms with Gasteiger partial charge in [0.25, 0.3) is 11.8 Å². The fourth-order valence-corrected chi connectivity index (χ4v) is 5.08. The minimum Gasteiger partial charge on any atom is -0.292 e. The SMILES string of the molecule is O=C1NC(=O)C2C(c3ccc(Cl)cc31)[C@H]1C(=O)NC(=O)c3cc(Cl)ccc3[C@H]21. The monoisotopic (exact) mass is 414 g/mol. The second-order valence-electron chi connectivity index (χ2n) is 7.20. The smallest absolute Gasteiger partial charge is 0.258 e. The maximum atomic E-state index is 12.9. The minimum atomic E-state index is -0.659. The fourth-order valence-electron chi connectivity index (χ4n) is 4.73. The summed E-state index contributed by atoms with van der Waals surface area (Å²) in [5, 5.41) is 5.51. The predicted molar refractivity (Wildman–Crippen MR) is 100 cm³/mol. The van der Waals surface area contributed by atoms with E-state index in [4.69, 9.17) is 23.2 Å². The molecule has 0 saturated heterocycles. The summed E-state index contributed by atoms with van der Waals surface area (Å²) >= 11 is 12.1. The van der Waals surface area contributed by atoms with Crippen LogP contribution < -0.4 is 10.6 Å². The van der Waals surface area contributed by atoms with E-state index in [1.54, 1.807) is 24.3 Å². The highest BCUT2D eigenvalue weighted by atomic mass is 35.5. The molecule has 6 nitrogen and oxygen atoms in total. The van der Waals surface area contributed by atoms with Gasteiger partial charge in [0.2, 0.25) is 11.8 Å². The molecule has 2 N–H and O–H groups in total. The number of fused-ring (bicyclic) bond motifs is 8. The van der Waals surface area contributed by atoms with Gasteiger partial charge in [0, 0.05) is 33.0 Å². The van der Waals surface area contributed by atoms with E-state index in [1.165, 1.54) is 12.1 Å². The molecule has 1 fully saturated rings. The van der Waals surface area contributed by atoms with Crippen LogP contribution in [-0.2, 0) is 9.59 Å². The van der Waals surface area contributed by atoms with E-state index in [-0.39, 0.29) is 11.1 Å². The van der Waals surface area contributed by atoms with Crippen molar-refractivity contribution in [3.8, 4) is 0 Å². The minimum absolute atomic E-state index is 0.270. The van der Waals surface area contributed by atoms with Gasteiger partial charge in [-0.25, -0.2) is 0 Å². The lowest BCUT2D eigenvalue weighted by Gasteiger charge is -2.49. The van der Waals surface area contributed by atoms with E-state index in [9.17, 15) is 19.2 Å². The zero-order valence-electron chi connectivity index (χ0n) is 14.2. The molecule has 3 aliphatic rings. The quantitative estimate of drug-likeness (QED) is 0.648. The summed E-state index contributed by atoms with van der Waals surface area (Å²) < 4.78 is 0. The van der Waals surface area contributed by atoms with E-state index in [0.717, 1.165) is 0 Å². The molecule has 1 aliphatic carbocycles. The first kappa shape index (κ1) is 17.4. The third-order valence-electron chi connectivity index (χ3n) is 5.86. The molecule has 0 bridgehead atoms. The maximum absolute atomic E-state index is 12.9. The summed E-state index contributed by atoms with van der Waals surface area (Å²) in [4.78, 5) is 50.8. The Balaban J connectivity index is 1.72. The molecule has 0 spiro atoms. The number of amides is 4. The Kier molecular flexibility index (Phi) is 3.66. The molecule has 0 atom stereocenters. The van der Waals surface area contributed by atoms with Crippen LogP contribution in [0.25, 0.3) is 0 Å². The second kappa shape index (κ2) is 5.90. The fraction of sp³-hybridized carbons (Fsp3) is 0.200. The molecule has 0 aromatic heterocycles. The molecule has 2 aromatic carbocycles. The molecule has 5 rings (SSSR count). The van der Waals surface area contributed by atoms with Crippen LogP contribution in [0.3, 0.4) is 0 Å². The largest absolute Gasteiger partial charge is 0.292 e. The van der Waals surface area contributed by atoms with Gasteiger partial charge in [-0.05, 0) is 35.4 Å². The van der Waals surface area contributed by atoms with Gasteiger partial charge in [0.05, 0.1) is 11.8 Å². The van der Waals surface area contributed by atoms with E-state index in [1.807, 2.05) is 0 Å². The van der Waals surface area contributed by atoms with Gasteiger partial charge in [-0.2, -0.15) is 0 Å². The zero-order valence-corrected chi connectivity index (χ0v) is 15.7. The summed E-state index contributed by atoms with van der Waals surface area (Å²) in [5.41, 5.74) is 1.70. The van der Waals surface area contributed by atoms with Gasteiger partial charge in [-0.15, -0.1) is 0 Å². The average Bonchev–Trinajstić information content (AvgIpc) is 2.75. The Labute approximate surface area is 169 Å². The first-order valence-corrected chi connectivity index (χ1v) is 9.41. The number of carbonyl (C=O) groups is 4. The van der Waals surface area contributed by atoms with Crippen molar-refractivity contribution in [1.29, 1.82) is 0 Å². The number of nitrogens with one attached hydrogen (secondary N) is 2. The third-order valence-corrected chi connectivity index (χ3v) is 6.33. The van der Waals surface area contributed by atoms with Gasteiger partial charge in [-0.1, -0.05) is 35.3 Å². The van der Waals surface area contributed by atoms with Gasteiger partial charge in [0.1, 0.15) is 0 Å². The highest BCUT2D eigenvalue weighted by molar-refractivity contribution is 6.31. The standard InChI is InChI=1S/C20H12Cl2N2O4/c21-7-1-3-9-11(5-7)17(25)23-19(27)15-13(9)16-14(15)10-4-2-8(22)6-12(10)18(26)24-20(16)28/h1-6,13-16H,(H,23,25,27)(H,24,26,28)/t13-,14?,15-,16?/m0/s1. The highest BCUT2D eigenvalue weighted by Crippen LogP contribution is 2.60. The van der Waals surface area contributed by atoms with E-state index in [2.05, 4.69) is 10.6 Å². The lowest BCUT2D eigenvalue weighted by atomic mass is 9.52. The molecule has 0 unspecified atom stereocenters. The number of halogens is 2. The van der Waals surface area contributed by atoms with Crippen LogP contribution in [0, 0.1) is 11.8 Å². The molecule has 1 saturated carbocycles. The molecule has 28 heavy (non-hydrogen) atoms. The first-order chi connectivity index (χ1) is 13.4. The zero-order chi connectivity index (χ0) is 19.7. The van der Waals surface area contributed by atoms with Gasteiger partial charge >= 0.3 is 0 Å². The number of rotatable bonds is 0. The van der Waals surface area contributed by atoms with Crippen LogP contribution in [0.1, 0.15) is 43.7 Å². The summed E-state index contributed by atoms with van der Waals surface area (Å²) in [6, 6.07) is 9.58. The number of carbonyl (C=O) groups excluding carboxylic acids is 4. The Bertz CT molecular complexity index is 1020. The third kappa shape index (κ3) is 2.28. The van der Waals surface area contributed by atoms with Crippen molar-refractivity contribution in [2.24, 2.45) is 11.8 Å². The predicted octanol–water partition coefficient (Wildman–Crippen LogP) is 2.65. The molecule has 140 valence electrons. The topological polar surface area (TPSA) is 92.3 Å². The van der Waals surface area contributed by atoms with Crippen LogP contribution in [-0.4, -0.2) is 23.6 Å². The van der Waals surface area contributed by atoms with Gasteiger partial charge < -0.3 is 0 Å². The number of imide groups is 2. The Morgan fingerprint density at radius 3 is 1.39 bits per heavy atom. The molecule has 4 amide bonds. The van der Waals surface area contributed by atoms with Crippen molar-refractivity contribution < 1.29 is 19.2 Å². The number of hydrogen-bond acceptors (Lipinski definition) is 4.